The summed E-state index contributed by atoms with van der Waals surface area (Å²) in [6.07, 6.45) is 0. The molecule has 2 aromatic carbocycles. The smallest absolute Gasteiger partial charge is 0.339 e. The maximum absolute atomic E-state index is 13.8. The largest absolute Gasteiger partial charge is 0.506 e. The third-order valence-electron chi connectivity index (χ3n) is 3.34. The summed E-state index contributed by atoms with van der Waals surface area (Å²) in [6, 6.07) is 4.93. The molecule has 0 aliphatic carbocycles. The van der Waals surface area contributed by atoms with Gasteiger partial charge >= 0.3 is 5.97 Å². The predicted octanol–water partition coefficient (Wildman–Crippen LogP) is 2.50. The van der Waals surface area contributed by atoms with E-state index in [1.165, 1.54) is 6.92 Å². The summed E-state index contributed by atoms with van der Waals surface area (Å²) in [6.45, 7) is 1.43. The highest BCUT2D eigenvalue weighted by molar-refractivity contribution is 7.93. The summed E-state index contributed by atoms with van der Waals surface area (Å²) in [5, 5.41) is 19.0. The predicted molar refractivity (Wildman–Crippen MR) is 81.7 cm³/mol. The van der Waals surface area contributed by atoms with Crippen LogP contribution in [0.3, 0.4) is 0 Å². The minimum Gasteiger partial charge on any atom is -0.506 e. The second kappa shape index (κ2) is 6.08. The molecule has 0 unspecified atom stereocenters. The molecule has 0 saturated carbocycles. The van der Waals surface area contributed by atoms with Crippen molar-refractivity contribution in [1.82, 2.24) is 0 Å². The fraction of sp³-hybridized carbons (Fsp3) is 0.133. The number of aromatic carboxylic acids is 1. The van der Waals surface area contributed by atoms with Gasteiger partial charge in [-0.3, -0.25) is 4.31 Å². The van der Waals surface area contributed by atoms with Crippen LogP contribution in [0.5, 0.6) is 5.75 Å². The highest BCUT2D eigenvalue weighted by atomic mass is 32.2. The molecule has 0 saturated heterocycles. The lowest BCUT2D eigenvalue weighted by atomic mass is 10.1. The van der Waals surface area contributed by atoms with Gasteiger partial charge < -0.3 is 10.2 Å². The Hall–Kier alpha value is -2.68. The van der Waals surface area contributed by atoms with E-state index in [-0.39, 0.29) is 5.56 Å². The third kappa shape index (κ3) is 2.90. The molecule has 0 aliphatic rings. The van der Waals surface area contributed by atoms with Crippen LogP contribution in [0.25, 0.3) is 0 Å². The molecular formula is C15H13F2NO5S. The first-order valence-electron chi connectivity index (χ1n) is 6.57. The molecule has 6 nitrogen and oxygen atoms in total. The Morgan fingerprint density at radius 2 is 1.71 bits per heavy atom. The van der Waals surface area contributed by atoms with E-state index in [1.807, 2.05) is 0 Å². The molecular weight excluding hydrogens is 344 g/mol. The molecule has 24 heavy (non-hydrogen) atoms. The molecule has 0 aromatic heterocycles. The number of carboxylic acid groups (broad SMARTS) is 1. The molecule has 0 atom stereocenters. The number of anilines is 1. The van der Waals surface area contributed by atoms with Crippen LogP contribution in [0.1, 0.15) is 15.9 Å². The van der Waals surface area contributed by atoms with Gasteiger partial charge in [0.15, 0.2) is 17.4 Å². The van der Waals surface area contributed by atoms with Crippen LogP contribution in [0, 0.1) is 18.6 Å². The van der Waals surface area contributed by atoms with Gasteiger partial charge in [0.2, 0.25) is 0 Å². The minimum absolute atomic E-state index is 0.242. The van der Waals surface area contributed by atoms with E-state index in [9.17, 15) is 27.1 Å². The summed E-state index contributed by atoms with van der Waals surface area (Å²) < 4.78 is 53.2. The van der Waals surface area contributed by atoms with E-state index in [0.717, 1.165) is 37.4 Å². The number of nitrogens with zero attached hydrogens (tertiary/aromatic N) is 1. The van der Waals surface area contributed by atoms with Crippen molar-refractivity contribution in [3.63, 3.8) is 0 Å². The second-order valence-corrected chi connectivity index (χ2v) is 6.94. The van der Waals surface area contributed by atoms with Crippen molar-refractivity contribution in [2.75, 3.05) is 11.4 Å². The molecule has 128 valence electrons. The second-order valence-electron chi connectivity index (χ2n) is 5.01. The topological polar surface area (TPSA) is 94.9 Å². The van der Waals surface area contributed by atoms with Gasteiger partial charge in [-0.15, -0.1) is 0 Å². The molecule has 0 bridgehead atoms. The molecule has 2 rings (SSSR count). The van der Waals surface area contributed by atoms with Crippen LogP contribution in [0.4, 0.5) is 14.5 Å². The van der Waals surface area contributed by atoms with E-state index in [0.29, 0.717) is 4.31 Å². The first kappa shape index (κ1) is 17.7. The molecule has 0 spiro atoms. The number of rotatable bonds is 4. The number of sulfonamides is 1. The third-order valence-corrected chi connectivity index (χ3v) is 5.11. The quantitative estimate of drug-likeness (QED) is 0.877. The van der Waals surface area contributed by atoms with Crippen LogP contribution in [-0.4, -0.2) is 31.6 Å². The van der Waals surface area contributed by atoms with Crippen molar-refractivity contribution in [3.8, 4) is 5.75 Å². The number of benzene rings is 2. The van der Waals surface area contributed by atoms with Crippen LogP contribution in [-0.2, 0) is 10.0 Å². The van der Waals surface area contributed by atoms with Gasteiger partial charge in [0.25, 0.3) is 10.0 Å². The fourth-order valence-corrected chi connectivity index (χ4v) is 3.56. The summed E-state index contributed by atoms with van der Waals surface area (Å²) in [4.78, 5) is 10.4. The lowest BCUT2D eigenvalue weighted by Gasteiger charge is -2.21. The van der Waals surface area contributed by atoms with Crippen molar-refractivity contribution in [3.05, 3.63) is 53.1 Å². The summed E-state index contributed by atoms with van der Waals surface area (Å²) >= 11 is 0. The SMILES string of the molecule is Cc1cc(C(=O)O)c(O)c(S(=O)(=O)N(C)c2c(F)cccc2F)c1. The number of carbonyl (C=O) groups is 1. The standard InChI is InChI=1S/C15H13F2NO5S/c1-8-6-9(15(20)21)14(19)12(7-8)24(22,23)18(2)13-10(16)4-3-5-11(13)17/h3-7,19H,1-2H3,(H,20,21). The van der Waals surface area contributed by atoms with Crippen LogP contribution in [0.15, 0.2) is 35.2 Å². The Balaban J connectivity index is 2.70. The number of aryl methyl sites for hydroxylation is 1. The van der Waals surface area contributed by atoms with Crippen LogP contribution in [0.2, 0.25) is 0 Å². The molecule has 0 amide bonds. The monoisotopic (exact) mass is 357 g/mol. The minimum atomic E-state index is -4.61. The van der Waals surface area contributed by atoms with Gasteiger partial charge in [0.1, 0.15) is 16.1 Å². The molecule has 0 fully saturated rings. The molecule has 2 aromatic rings. The van der Waals surface area contributed by atoms with Gasteiger partial charge in [-0.25, -0.2) is 22.0 Å². The molecule has 0 radical (unpaired) electrons. The van der Waals surface area contributed by atoms with Gasteiger partial charge in [0, 0.05) is 7.05 Å². The van der Waals surface area contributed by atoms with E-state index in [2.05, 4.69) is 0 Å². The zero-order valence-electron chi connectivity index (χ0n) is 12.6. The number of hydrogen-bond acceptors (Lipinski definition) is 4. The average molecular weight is 357 g/mol. The lowest BCUT2D eigenvalue weighted by molar-refractivity contribution is 0.0693. The van der Waals surface area contributed by atoms with Crippen LogP contribution >= 0.6 is 0 Å². The first-order chi connectivity index (χ1) is 11.1. The Morgan fingerprint density at radius 3 is 2.21 bits per heavy atom. The highest BCUT2D eigenvalue weighted by Crippen LogP contribution is 2.34. The first-order valence-corrected chi connectivity index (χ1v) is 8.01. The van der Waals surface area contributed by atoms with Crippen molar-refractivity contribution >= 4 is 21.7 Å². The highest BCUT2D eigenvalue weighted by Gasteiger charge is 2.31. The van der Waals surface area contributed by atoms with E-state index >= 15 is 0 Å². The maximum atomic E-state index is 13.8. The fourth-order valence-electron chi connectivity index (χ4n) is 2.16. The molecule has 0 heterocycles. The van der Waals surface area contributed by atoms with Crippen molar-refractivity contribution in [1.29, 1.82) is 0 Å². The van der Waals surface area contributed by atoms with Crippen molar-refractivity contribution in [2.45, 2.75) is 11.8 Å². The molecule has 2 N–H and O–H groups in total. The van der Waals surface area contributed by atoms with E-state index < -0.39 is 49.5 Å². The number of hydrogen-bond donors (Lipinski definition) is 2. The Labute approximate surface area is 136 Å². The van der Waals surface area contributed by atoms with Crippen LogP contribution < -0.4 is 4.31 Å². The number of phenols is 1. The molecule has 0 aliphatic heterocycles. The number of para-hydroxylation sites is 1. The average Bonchev–Trinajstić information content (AvgIpc) is 2.48. The number of halogens is 2. The number of carboxylic acids is 1. The van der Waals surface area contributed by atoms with Gasteiger partial charge in [-0.1, -0.05) is 6.07 Å². The Kier molecular flexibility index (Phi) is 4.48. The Bertz CT molecular complexity index is 907. The summed E-state index contributed by atoms with van der Waals surface area (Å²) in [5.74, 6) is -4.78. The normalized spacial score (nSPS) is 11.3. The maximum Gasteiger partial charge on any atom is 0.339 e. The summed E-state index contributed by atoms with van der Waals surface area (Å²) in [7, 11) is -3.70. The number of aromatic hydroxyl groups is 1. The van der Waals surface area contributed by atoms with Gasteiger partial charge in [-0.2, -0.15) is 0 Å². The van der Waals surface area contributed by atoms with Crippen molar-refractivity contribution in [2.24, 2.45) is 0 Å². The van der Waals surface area contributed by atoms with E-state index in [4.69, 9.17) is 5.11 Å². The zero-order chi connectivity index (χ0) is 18.2. The summed E-state index contributed by atoms with van der Waals surface area (Å²) in [5.41, 5.74) is -1.22. The van der Waals surface area contributed by atoms with Crippen molar-refractivity contribution < 1.29 is 32.2 Å². The van der Waals surface area contributed by atoms with E-state index in [1.54, 1.807) is 0 Å². The van der Waals surface area contributed by atoms with Gasteiger partial charge in [0.05, 0.1) is 0 Å². The Morgan fingerprint density at radius 1 is 1.17 bits per heavy atom. The lowest BCUT2D eigenvalue weighted by Crippen LogP contribution is -2.28. The molecule has 9 heteroatoms. The zero-order valence-corrected chi connectivity index (χ0v) is 13.4. The van der Waals surface area contributed by atoms with Gasteiger partial charge in [-0.05, 0) is 36.8 Å².